The molecule has 0 N–H and O–H groups in total. The van der Waals surface area contributed by atoms with E-state index < -0.39 is 0 Å². The van der Waals surface area contributed by atoms with E-state index in [9.17, 15) is 0 Å². The van der Waals surface area contributed by atoms with Crippen LogP contribution in [0.5, 0.6) is 0 Å². The number of rotatable bonds is 5. The van der Waals surface area contributed by atoms with E-state index >= 15 is 0 Å². The normalized spacial score (nSPS) is 13.5. The topological polar surface area (TPSA) is 28.0 Å². The Morgan fingerprint density at radius 2 is 1.83 bits per heavy atom. The fourth-order valence-electron chi connectivity index (χ4n) is 1.83. The Labute approximate surface area is 152 Å². The smallest absolute Gasteiger partial charge is 0.127 e. The summed E-state index contributed by atoms with van der Waals surface area (Å²) in [4.78, 5) is 4.32. The molecule has 3 nitrogen and oxygen atoms in total. The van der Waals surface area contributed by atoms with Gasteiger partial charge in [0.15, 0.2) is 0 Å². The van der Waals surface area contributed by atoms with Gasteiger partial charge < -0.3 is 0 Å². The van der Waals surface area contributed by atoms with Crippen LogP contribution in [-0.2, 0) is 5.41 Å². The van der Waals surface area contributed by atoms with Crippen LogP contribution in [0.2, 0.25) is 0 Å². The Hall–Kier alpha value is -1.39. The van der Waals surface area contributed by atoms with Crippen LogP contribution in [0.15, 0.2) is 56.7 Å². The molecule has 0 aromatic heterocycles. The summed E-state index contributed by atoms with van der Waals surface area (Å²) in [6.45, 7) is 10.3. The number of benzene rings is 1. The molecule has 0 bridgehead atoms. The summed E-state index contributed by atoms with van der Waals surface area (Å²) in [7, 11) is 3.51. The molecule has 0 unspecified atom stereocenters. The first-order valence-corrected chi connectivity index (χ1v) is 8.39. The minimum absolute atomic E-state index is 0.128. The molecule has 0 radical (unpaired) electrons. The Bertz CT molecular complexity index is 637. The maximum absolute atomic E-state index is 6.29. The number of aliphatic imine (C=N–C) groups is 1. The van der Waals surface area contributed by atoms with Crippen molar-refractivity contribution >= 4 is 39.5 Å². The van der Waals surface area contributed by atoms with Crippen molar-refractivity contribution in [3.63, 3.8) is 0 Å². The van der Waals surface area contributed by atoms with Gasteiger partial charge in [-0.1, -0.05) is 63.2 Å². The number of hydrogen-bond acceptors (Lipinski definition) is 3. The number of halogens is 2. The Balaban J connectivity index is 3.01. The van der Waals surface area contributed by atoms with Crippen LogP contribution in [-0.4, -0.2) is 31.0 Å². The minimum Gasteiger partial charge on any atom is -0.288 e. The summed E-state index contributed by atoms with van der Waals surface area (Å²) < 4.78 is 0.677. The van der Waals surface area contributed by atoms with Crippen molar-refractivity contribution in [3.8, 4) is 0 Å². The van der Waals surface area contributed by atoms with Gasteiger partial charge in [0.25, 0.3) is 0 Å². The van der Waals surface area contributed by atoms with Gasteiger partial charge in [-0.3, -0.25) is 10.0 Å². The zero-order chi connectivity index (χ0) is 17.6. The summed E-state index contributed by atoms with van der Waals surface area (Å²) in [6, 6.07) is 8.37. The van der Waals surface area contributed by atoms with Gasteiger partial charge >= 0.3 is 0 Å². The van der Waals surface area contributed by atoms with Crippen molar-refractivity contribution in [3.05, 3.63) is 57.7 Å². The molecule has 0 heterocycles. The summed E-state index contributed by atoms with van der Waals surface area (Å²) in [5.41, 5.74) is 3.23. The van der Waals surface area contributed by atoms with Gasteiger partial charge in [0.1, 0.15) is 5.16 Å². The zero-order valence-corrected chi connectivity index (χ0v) is 16.6. The lowest BCUT2D eigenvalue weighted by Crippen LogP contribution is -2.12. The lowest BCUT2D eigenvalue weighted by atomic mass is 9.86. The molecule has 0 atom stereocenters. The van der Waals surface area contributed by atoms with Crippen LogP contribution < -0.4 is 0 Å². The van der Waals surface area contributed by atoms with E-state index in [4.69, 9.17) is 11.6 Å². The van der Waals surface area contributed by atoms with E-state index in [-0.39, 0.29) is 5.41 Å². The predicted molar refractivity (Wildman–Crippen MR) is 106 cm³/mol. The van der Waals surface area contributed by atoms with Crippen molar-refractivity contribution < 1.29 is 0 Å². The van der Waals surface area contributed by atoms with E-state index in [0.717, 1.165) is 11.3 Å². The minimum atomic E-state index is 0.128. The molecule has 0 aliphatic heterocycles. The fourth-order valence-corrected chi connectivity index (χ4v) is 2.07. The summed E-state index contributed by atoms with van der Waals surface area (Å²) in [6.07, 6.45) is 3.37. The van der Waals surface area contributed by atoms with Crippen LogP contribution in [0.3, 0.4) is 0 Å². The molecule has 1 aromatic carbocycles. The number of hydrogen-bond donors (Lipinski definition) is 0. The molecule has 0 aliphatic carbocycles. The van der Waals surface area contributed by atoms with Gasteiger partial charge in [-0.05, 0) is 32.5 Å². The first-order valence-electron chi connectivity index (χ1n) is 7.22. The third kappa shape index (κ3) is 6.32. The lowest BCUT2D eigenvalue weighted by molar-refractivity contribution is 0.479. The van der Waals surface area contributed by atoms with Gasteiger partial charge in [-0.15, -0.1) is 0 Å². The summed E-state index contributed by atoms with van der Waals surface area (Å²) >= 11 is 9.51. The fraction of sp³-hybridized carbons (Fsp3) is 0.333. The number of allylic oxidation sites excluding steroid dienone is 2. The highest BCUT2D eigenvalue weighted by molar-refractivity contribution is 9.12. The quantitative estimate of drug-likeness (QED) is 0.376. The molecule has 124 valence electrons. The van der Waals surface area contributed by atoms with Crippen molar-refractivity contribution in [1.82, 2.24) is 5.01 Å². The SMILES string of the molecule is C=C(Br)/C=N\N(C)/C(Cl)=C\C(=NC)c1ccc(C(C)(C)C)cc1. The van der Waals surface area contributed by atoms with E-state index in [1.807, 2.05) is 0 Å². The second kappa shape index (κ2) is 8.46. The van der Waals surface area contributed by atoms with Gasteiger partial charge in [-0.25, -0.2) is 0 Å². The third-order valence-corrected chi connectivity index (χ3v) is 3.78. The highest BCUT2D eigenvalue weighted by Gasteiger charge is 2.13. The highest BCUT2D eigenvalue weighted by atomic mass is 79.9. The van der Waals surface area contributed by atoms with Crippen LogP contribution in [0.4, 0.5) is 0 Å². The average Bonchev–Trinajstić information content (AvgIpc) is 2.49. The molecule has 0 saturated carbocycles. The first kappa shape index (κ1) is 19.7. The maximum atomic E-state index is 6.29. The summed E-state index contributed by atoms with van der Waals surface area (Å²) in [5.74, 6) is 0. The standard InChI is InChI=1S/C18H23BrClN3/c1-13(19)12-22-23(6)17(20)11-16(21-5)14-7-9-15(10-8-14)18(2,3)4/h7-12H,1H2,2-6H3/b17-11-,21-16?,22-12-. The molecule has 0 amide bonds. The lowest BCUT2D eigenvalue weighted by Gasteiger charge is -2.19. The monoisotopic (exact) mass is 395 g/mol. The third-order valence-electron chi connectivity index (χ3n) is 3.22. The number of hydrazone groups is 1. The van der Waals surface area contributed by atoms with Crippen LogP contribution in [0.25, 0.3) is 0 Å². The number of nitrogens with zero attached hydrogens (tertiary/aromatic N) is 3. The van der Waals surface area contributed by atoms with Crippen molar-refractivity contribution in [2.75, 3.05) is 14.1 Å². The van der Waals surface area contributed by atoms with Crippen LogP contribution in [0, 0.1) is 0 Å². The zero-order valence-electron chi connectivity index (χ0n) is 14.3. The van der Waals surface area contributed by atoms with E-state index in [2.05, 4.69) is 77.6 Å². The van der Waals surface area contributed by atoms with Crippen LogP contribution >= 0.6 is 27.5 Å². The van der Waals surface area contributed by atoms with Crippen molar-refractivity contribution in [2.24, 2.45) is 10.1 Å². The molecule has 0 spiro atoms. The highest BCUT2D eigenvalue weighted by Crippen LogP contribution is 2.22. The van der Waals surface area contributed by atoms with E-state index in [1.54, 1.807) is 31.4 Å². The molecule has 5 heteroatoms. The van der Waals surface area contributed by atoms with E-state index in [0.29, 0.717) is 9.64 Å². The first-order chi connectivity index (χ1) is 10.6. The van der Waals surface area contributed by atoms with Gasteiger partial charge in [0, 0.05) is 24.7 Å². The molecule has 0 aliphatic rings. The molecule has 0 saturated heterocycles. The summed E-state index contributed by atoms with van der Waals surface area (Å²) in [5, 5.41) is 6.18. The van der Waals surface area contributed by atoms with Gasteiger partial charge in [-0.2, -0.15) is 5.10 Å². The Morgan fingerprint density at radius 1 is 1.26 bits per heavy atom. The Morgan fingerprint density at radius 3 is 2.26 bits per heavy atom. The van der Waals surface area contributed by atoms with Gasteiger partial charge in [0.2, 0.25) is 0 Å². The van der Waals surface area contributed by atoms with Crippen molar-refractivity contribution in [2.45, 2.75) is 26.2 Å². The predicted octanol–water partition coefficient (Wildman–Crippen LogP) is 5.31. The molecular weight excluding hydrogens is 374 g/mol. The van der Waals surface area contributed by atoms with E-state index in [1.165, 1.54) is 5.56 Å². The Kier molecular flexibility index (Phi) is 7.23. The average molecular weight is 397 g/mol. The molecule has 1 rings (SSSR count). The second-order valence-electron chi connectivity index (χ2n) is 6.12. The maximum Gasteiger partial charge on any atom is 0.127 e. The molecule has 0 fully saturated rings. The molecule has 23 heavy (non-hydrogen) atoms. The largest absolute Gasteiger partial charge is 0.288 e. The van der Waals surface area contributed by atoms with Gasteiger partial charge in [0.05, 0.1) is 11.9 Å². The molecular formula is C18H23BrClN3. The van der Waals surface area contributed by atoms with Crippen molar-refractivity contribution in [1.29, 1.82) is 0 Å². The second-order valence-corrected chi connectivity index (χ2v) is 7.52. The molecule has 1 aromatic rings. The van der Waals surface area contributed by atoms with Crippen LogP contribution in [0.1, 0.15) is 31.9 Å².